The molecule has 0 aliphatic rings. The first-order valence-corrected chi connectivity index (χ1v) is 8.49. The first-order chi connectivity index (χ1) is 13.5. The van der Waals surface area contributed by atoms with E-state index in [1.165, 1.54) is 21.3 Å². The van der Waals surface area contributed by atoms with Crippen molar-refractivity contribution in [1.82, 2.24) is 10.2 Å². The third-order valence-electron chi connectivity index (χ3n) is 4.33. The summed E-state index contributed by atoms with van der Waals surface area (Å²) in [4.78, 5) is 12.4. The number of nitrogens with zero attached hydrogens (tertiary/aromatic N) is 2. The second-order valence-corrected chi connectivity index (χ2v) is 6.08. The van der Waals surface area contributed by atoms with E-state index in [2.05, 4.69) is 15.5 Å². The van der Waals surface area contributed by atoms with E-state index in [4.69, 9.17) is 18.6 Å². The molecule has 0 fully saturated rings. The van der Waals surface area contributed by atoms with Gasteiger partial charge in [-0.1, -0.05) is 11.2 Å². The molecule has 146 valence electrons. The fourth-order valence-corrected chi connectivity index (χ4v) is 2.65. The molecule has 8 nitrogen and oxygen atoms in total. The van der Waals surface area contributed by atoms with Gasteiger partial charge in [0.15, 0.2) is 11.5 Å². The predicted molar refractivity (Wildman–Crippen MR) is 103 cm³/mol. The van der Waals surface area contributed by atoms with Crippen LogP contribution in [0.15, 0.2) is 34.7 Å². The third-order valence-corrected chi connectivity index (χ3v) is 4.33. The Bertz CT molecular complexity index is 988. The van der Waals surface area contributed by atoms with Crippen LogP contribution in [0.1, 0.15) is 21.5 Å². The maximum atomic E-state index is 12.4. The lowest BCUT2D eigenvalue weighted by Crippen LogP contribution is -2.12. The molecule has 3 rings (SSSR count). The molecular weight excluding hydrogens is 362 g/mol. The molecular formula is C20H21N3O5. The van der Waals surface area contributed by atoms with Crippen LogP contribution in [0.2, 0.25) is 0 Å². The summed E-state index contributed by atoms with van der Waals surface area (Å²) in [6, 6.07) is 8.80. The van der Waals surface area contributed by atoms with Crippen molar-refractivity contribution in [3.05, 3.63) is 47.0 Å². The maximum Gasteiger partial charge on any atom is 0.322 e. The Balaban J connectivity index is 1.86. The molecule has 2 aromatic carbocycles. The maximum absolute atomic E-state index is 12.4. The molecule has 1 heterocycles. The Hall–Kier alpha value is -3.55. The smallest absolute Gasteiger partial charge is 0.322 e. The van der Waals surface area contributed by atoms with E-state index in [9.17, 15) is 4.79 Å². The van der Waals surface area contributed by atoms with Crippen molar-refractivity contribution < 1.29 is 23.4 Å². The Kier molecular flexibility index (Phi) is 5.49. The molecule has 0 saturated carbocycles. The van der Waals surface area contributed by atoms with Crippen LogP contribution >= 0.6 is 0 Å². The Morgan fingerprint density at radius 2 is 1.61 bits per heavy atom. The van der Waals surface area contributed by atoms with Crippen LogP contribution in [0.5, 0.6) is 17.2 Å². The van der Waals surface area contributed by atoms with Gasteiger partial charge in [0, 0.05) is 11.1 Å². The minimum absolute atomic E-state index is 0.00743. The number of anilines is 1. The van der Waals surface area contributed by atoms with Gasteiger partial charge in [-0.05, 0) is 49.2 Å². The summed E-state index contributed by atoms with van der Waals surface area (Å²) in [5, 5.41) is 10.5. The van der Waals surface area contributed by atoms with Crippen molar-refractivity contribution in [3.63, 3.8) is 0 Å². The number of aromatic nitrogens is 2. The highest BCUT2D eigenvalue weighted by Gasteiger charge is 2.18. The highest BCUT2D eigenvalue weighted by atomic mass is 16.5. The highest BCUT2D eigenvalue weighted by Crippen LogP contribution is 2.41. The zero-order chi connectivity index (χ0) is 20.3. The number of ether oxygens (including phenoxy) is 3. The summed E-state index contributed by atoms with van der Waals surface area (Å²) in [6.45, 7) is 3.93. The lowest BCUT2D eigenvalue weighted by atomic mass is 10.1. The summed E-state index contributed by atoms with van der Waals surface area (Å²) in [7, 11) is 4.56. The van der Waals surface area contributed by atoms with E-state index in [0.29, 0.717) is 28.4 Å². The van der Waals surface area contributed by atoms with Gasteiger partial charge in [0.1, 0.15) is 0 Å². The van der Waals surface area contributed by atoms with Gasteiger partial charge in [-0.3, -0.25) is 10.1 Å². The van der Waals surface area contributed by atoms with Gasteiger partial charge < -0.3 is 18.6 Å². The molecule has 8 heteroatoms. The topological polar surface area (TPSA) is 95.7 Å². The molecule has 1 amide bonds. The van der Waals surface area contributed by atoms with Crippen molar-refractivity contribution in [2.24, 2.45) is 0 Å². The second kappa shape index (κ2) is 7.99. The molecule has 0 unspecified atom stereocenters. The minimum atomic E-state index is -0.330. The van der Waals surface area contributed by atoms with Gasteiger partial charge in [0.25, 0.3) is 5.91 Å². The van der Waals surface area contributed by atoms with Crippen LogP contribution < -0.4 is 19.5 Å². The van der Waals surface area contributed by atoms with Gasteiger partial charge in [-0.25, -0.2) is 0 Å². The number of hydrogen-bond acceptors (Lipinski definition) is 7. The number of amides is 1. The lowest BCUT2D eigenvalue weighted by Gasteiger charge is -2.12. The van der Waals surface area contributed by atoms with Crippen molar-refractivity contribution >= 4 is 11.9 Å². The first-order valence-electron chi connectivity index (χ1n) is 8.49. The van der Waals surface area contributed by atoms with Crippen LogP contribution in [0.25, 0.3) is 11.5 Å². The van der Waals surface area contributed by atoms with Crippen molar-refractivity contribution in [1.29, 1.82) is 0 Å². The molecule has 28 heavy (non-hydrogen) atoms. The molecule has 1 N–H and O–H groups in total. The molecule has 0 saturated heterocycles. The summed E-state index contributed by atoms with van der Waals surface area (Å²) >= 11 is 0. The number of nitrogens with one attached hydrogen (secondary N) is 1. The summed E-state index contributed by atoms with van der Waals surface area (Å²) in [5.41, 5.74) is 3.21. The SMILES string of the molecule is COc1cc(-c2nnc(NC(=O)c3ccc(C)c(C)c3)o2)cc(OC)c1OC. The average molecular weight is 383 g/mol. The Morgan fingerprint density at radius 3 is 2.18 bits per heavy atom. The third kappa shape index (κ3) is 3.75. The monoisotopic (exact) mass is 383 g/mol. The van der Waals surface area contributed by atoms with Crippen LogP contribution in [-0.4, -0.2) is 37.4 Å². The quantitative estimate of drug-likeness (QED) is 0.694. The summed E-state index contributed by atoms with van der Waals surface area (Å²) < 4.78 is 21.5. The number of hydrogen-bond donors (Lipinski definition) is 1. The van der Waals surface area contributed by atoms with Crippen molar-refractivity contribution in [2.75, 3.05) is 26.6 Å². The normalized spacial score (nSPS) is 10.5. The zero-order valence-electron chi connectivity index (χ0n) is 16.3. The molecule has 1 aromatic heterocycles. The van der Waals surface area contributed by atoms with Gasteiger partial charge in [-0.2, -0.15) is 0 Å². The average Bonchev–Trinajstić information content (AvgIpc) is 3.17. The fraction of sp³-hybridized carbons (Fsp3) is 0.250. The molecule has 0 spiro atoms. The van der Waals surface area contributed by atoms with E-state index in [1.54, 1.807) is 24.3 Å². The molecule has 0 aliphatic heterocycles. The summed E-state index contributed by atoms with van der Waals surface area (Å²) in [6.07, 6.45) is 0. The number of rotatable bonds is 6. The number of carbonyl (C=O) groups is 1. The predicted octanol–water partition coefficient (Wildman–Crippen LogP) is 3.63. The fourth-order valence-electron chi connectivity index (χ4n) is 2.65. The molecule has 0 bridgehead atoms. The van der Waals surface area contributed by atoms with Crippen LogP contribution in [0, 0.1) is 13.8 Å². The lowest BCUT2D eigenvalue weighted by molar-refractivity contribution is 0.102. The summed E-state index contributed by atoms with van der Waals surface area (Å²) in [5.74, 6) is 1.24. The Labute approximate surface area is 162 Å². The van der Waals surface area contributed by atoms with E-state index in [-0.39, 0.29) is 17.8 Å². The van der Waals surface area contributed by atoms with Crippen molar-refractivity contribution in [3.8, 4) is 28.7 Å². The number of carbonyl (C=O) groups excluding carboxylic acids is 1. The van der Waals surface area contributed by atoms with Crippen molar-refractivity contribution in [2.45, 2.75) is 13.8 Å². The van der Waals surface area contributed by atoms with E-state index in [0.717, 1.165) is 11.1 Å². The standard InChI is InChI=1S/C20H21N3O5/c1-11-6-7-13(8-12(11)2)18(24)21-20-23-22-19(28-20)14-9-15(25-3)17(27-5)16(10-14)26-4/h6-10H,1-5H3,(H,21,23,24). The van der Waals surface area contributed by atoms with Crippen LogP contribution in [0.3, 0.4) is 0 Å². The number of benzene rings is 2. The van der Waals surface area contributed by atoms with Crippen LogP contribution in [0.4, 0.5) is 6.01 Å². The van der Waals surface area contributed by atoms with Gasteiger partial charge in [0.05, 0.1) is 21.3 Å². The van der Waals surface area contributed by atoms with Crippen LogP contribution in [-0.2, 0) is 0 Å². The minimum Gasteiger partial charge on any atom is -0.493 e. The molecule has 3 aromatic rings. The van der Waals surface area contributed by atoms with E-state index < -0.39 is 0 Å². The van der Waals surface area contributed by atoms with E-state index >= 15 is 0 Å². The second-order valence-electron chi connectivity index (χ2n) is 6.08. The van der Waals surface area contributed by atoms with E-state index in [1.807, 2.05) is 19.9 Å². The number of aryl methyl sites for hydroxylation is 2. The zero-order valence-corrected chi connectivity index (χ0v) is 16.3. The highest BCUT2D eigenvalue weighted by molar-refractivity contribution is 6.03. The van der Waals surface area contributed by atoms with Gasteiger partial charge in [0.2, 0.25) is 11.6 Å². The first kappa shape index (κ1) is 19.2. The molecule has 0 aliphatic carbocycles. The van der Waals surface area contributed by atoms with Gasteiger partial charge >= 0.3 is 6.01 Å². The molecule has 0 atom stereocenters. The largest absolute Gasteiger partial charge is 0.493 e. The van der Waals surface area contributed by atoms with Gasteiger partial charge in [-0.15, -0.1) is 5.10 Å². The Morgan fingerprint density at radius 1 is 0.929 bits per heavy atom. The number of methoxy groups -OCH3 is 3. The molecule has 0 radical (unpaired) electrons.